The Balaban J connectivity index is 1.87. The summed E-state index contributed by atoms with van der Waals surface area (Å²) < 4.78 is 38.7. The molecule has 0 saturated heterocycles. The molecule has 138 valence electrons. The van der Waals surface area contributed by atoms with Gasteiger partial charge in [0, 0.05) is 41.5 Å². The maximum Gasteiger partial charge on any atom is 0.416 e. The highest BCUT2D eigenvalue weighted by molar-refractivity contribution is 5.79. The Morgan fingerprint density at radius 2 is 1.43 bits per heavy atom. The van der Waals surface area contributed by atoms with E-state index in [1.54, 1.807) is 43.0 Å². The number of hydrogen-bond acceptors (Lipinski definition) is 5. The molecule has 3 heterocycles. The van der Waals surface area contributed by atoms with Gasteiger partial charge in [-0.15, -0.1) is 0 Å². The van der Waals surface area contributed by atoms with E-state index in [2.05, 4.69) is 24.9 Å². The zero-order chi connectivity index (χ0) is 19.6. The van der Waals surface area contributed by atoms with Gasteiger partial charge in [0.25, 0.3) is 0 Å². The fourth-order valence-electron chi connectivity index (χ4n) is 2.70. The minimum atomic E-state index is -4.40. The van der Waals surface area contributed by atoms with E-state index in [1.807, 2.05) is 0 Å². The van der Waals surface area contributed by atoms with Crippen LogP contribution in [0.5, 0.6) is 0 Å². The van der Waals surface area contributed by atoms with Crippen LogP contribution in [0.15, 0.2) is 73.6 Å². The Labute approximate surface area is 158 Å². The van der Waals surface area contributed by atoms with Crippen molar-refractivity contribution in [2.24, 2.45) is 0 Å². The summed E-state index contributed by atoms with van der Waals surface area (Å²) in [5, 5.41) is 0. The quantitative estimate of drug-likeness (QED) is 0.517. The number of hydrogen-bond donors (Lipinski definition) is 0. The van der Waals surface area contributed by atoms with Crippen molar-refractivity contribution >= 4 is 0 Å². The Morgan fingerprint density at radius 3 is 2.07 bits per heavy atom. The van der Waals surface area contributed by atoms with Crippen LogP contribution < -0.4 is 0 Å². The van der Waals surface area contributed by atoms with Crippen LogP contribution in [-0.2, 0) is 6.18 Å². The predicted molar refractivity (Wildman–Crippen MR) is 96.7 cm³/mol. The lowest BCUT2D eigenvalue weighted by Crippen LogP contribution is -2.04. The van der Waals surface area contributed by atoms with Crippen LogP contribution in [0.3, 0.4) is 0 Å². The van der Waals surface area contributed by atoms with Gasteiger partial charge in [0.05, 0.1) is 17.0 Å². The van der Waals surface area contributed by atoms with Gasteiger partial charge in [0.1, 0.15) is 6.33 Å². The highest BCUT2D eigenvalue weighted by Gasteiger charge is 2.30. The van der Waals surface area contributed by atoms with E-state index < -0.39 is 11.7 Å². The van der Waals surface area contributed by atoms with E-state index in [0.29, 0.717) is 28.3 Å². The fraction of sp³-hybridized carbons (Fsp3) is 0.0500. The highest BCUT2D eigenvalue weighted by atomic mass is 19.4. The molecule has 4 rings (SSSR count). The zero-order valence-corrected chi connectivity index (χ0v) is 14.3. The summed E-state index contributed by atoms with van der Waals surface area (Å²) >= 11 is 0. The van der Waals surface area contributed by atoms with Gasteiger partial charge >= 0.3 is 6.18 Å². The molecule has 0 radical (unpaired) electrons. The number of benzene rings is 1. The molecule has 0 amide bonds. The van der Waals surface area contributed by atoms with Crippen LogP contribution in [0.25, 0.3) is 33.9 Å². The van der Waals surface area contributed by atoms with Gasteiger partial charge in [0.15, 0.2) is 5.82 Å². The van der Waals surface area contributed by atoms with Gasteiger partial charge in [-0.2, -0.15) is 13.2 Å². The number of nitrogens with zero attached hydrogens (tertiary/aromatic N) is 5. The Bertz CT molecular complexity index is 1080. The smallest absolute Gasteiger partial charge is 0.265 e. The minimum Gasteiger partial charge on any atom is -0.265 e. The first kappa shape index (κ1) is 17.7. The largest absolute Gasteiger partial charge is 0.416 e. The topological polar surface area (TPSA) is 64.5 Å². The van der Waals surface area contributed by atoms with E-state index in [-0.39, 0.29) is 0 Å². The summed E-state index contributed by atoms with van der Waals surface area (Å²) in [5.74, 6) is 0.440. The Kier molecular flexibility index (Phi) is 4.52. The highest BCUT2D eigenvalue weighted by Crippen LogP contribution is 2.34. The molecule has 0 fully saturated rings. The molecule has 0 aliphatic carbocycles. The maximum absolute atomic E-state index is 12.9. The molecular weight excluding hydrogens is 367 g/mol. The SMILES string of the molecule is FC(F)(F)c1ccc(-c2nc(-c3ccncc3)ncc2-c2ccncn2)cc1. The van der Waals surface area contributed by atoms with E-state index in [4.69, 9.17) is 0 Å². The lowest BCUT2D eigenvalue weighted by molar-refractivity contribution is -0.137. The van der Waals surface area contributed by atoms with E-state index in [1.165, 1.54) is 18.5 Å². The van der Waals surface area contributed by atoms with Crippen LogP contribution in [-0.4, -0.2) is 24.9 Å². The van der Waals surface area contributed by atoms with Gasteiger partial charge in [0.2, 0.25) is 0 Å². The lowest BCUT2D eigenvalue weighted by Gasteiger charge is -2.12. The molecule has 28 heavy (non-hydrogen) atoms. The average molecular weight is 379 g/mol. The number of aromatic nitrogens is 5. The molecule has 0 spiro atoms. The van der Waals surface area contributed by atoms with Gasteiger partial charge in [-0.25, -0.2) is 19.9 Å². The molecule has 0 N–H and O–H groups in total. The van der Waals surface area contributed by atoms with Gasteiger partial charge < -0.3 is 0 Å². The first-order valence-electron chi connectivity index (χ1n) is 8.24. The standard InChI is InChI=1S/C20H12F3N5/c21-20(22,23)15-3-1-13(2-4-15)18-16(17-7-10-25-12-27-17)11-26-19(28-18)14-5-8-24-9-6-14/h1-12H. The molecule has 8 heteroatoms. The van der Waals surface area contributed by atoms with E-state index in [9.17, 15) is 13.2 Å². The number of alkyl halides is 3. The van der Waals surface area contributed by atoms with Crippen molar-refractivity contribution in [3.8, 4) is 33.9 Å². The summed E-state index contributed by atoms with van der Waals surface area (Å²) in [6.07, 6.45) is 3.42. The predicted octanol–water partition coefficient (Wildman–Crippen LogP) is 4.68. The minimum absolute atomic E-state index is 0.440. The molecule has 0 bridgehead atoms. The first-order valence-corrected chi connectivity index (χ1v) is 8.24. The fourth-order valence-corrected chi connectivity index (χ4v) is 2.70. The van der Waals surface area contributed by atoms with Crippen LogP contribution in [0, 0.1) is 0 Å². The number of halogens is 3. The lowest BCUT2D eigenvalue weighted by atomic mass is 10.0. The molecular formula is C20H12F3N5. The Morgan fingerprint density at radius 1 is 0.714 bits per heavy atom. The van der Waals surface area contributed by atoms with Crippen molar-refractivity contribution in [1.82, 2.24) is 24.9 Å². The third-order valence-electron chi connectivity index (χ3n) is 4.07. The summed E-state index contributed by atoms with van der Waals surface area (Å²) in [7, 11) is 0. The molecule has 0 atom stereocenters. The molecule has 0 saturated carbocycles. The Hall–Kier alpha value is -3.68. The third kappa shape index (κ3) is 3.57. The van der Waals surface area contributed by atoms with Crippen LogP contribution >= 0.6 is 0 Å². The normalized spacial score (nSPS) is 11.4. The maximum atomic E-state index is 12.9. The second kappa shape index (κ2) is 7.15. The van der Waals surface area contributed by atoms with Gasteiger partial charge in [-0.3, -0.25) is 4.98 Å². The summed E-state index contributed by atoms with van der Waals surface area (Å²) in [6.45, 7) is 0. The van der Waals surface area contributed by atoms with Crippen molar-refractivity contribution < 1.29 is 13.2 Å². The number of pyridine rings is 1. The number of rotatable bonds is 3. The van der Waals surface area contributed by atoms with Crippen molar-refractivity contribution in [2.75, 3.05) is 0 Å². The summed E-state index contributed by atoms with van der Waals surface area (Å²) in [5.41, 5.74) is 2.21. The molecule has 0 aliphatic heterocycles. The van der Waals surface area contributed by atoms with Crippen molar-refractivity contribution in [1.29, 1.82) is 0 Å². The van der Waals surface area contributed by atoms with Gasteiger partial charge in [-0.05, 0) is 30.3 Å². The third-order valence-corrected chi connectivity index (χ3v) is 4.07. The van der Waals surface area contributed by atoms with E-state index >= 15 is 0 Å². The summed E-state index contributed by atoms with van der Waals surface area (Å²) in [4.78, 5) is 21.1. The van der Waals surface area contributed by atoms with Crippen LogP contribution in [0.4, 0.5) is 13.2 Å². The molecule has 0 unspecified atom stereocenters. The second-order valence-electron chi connectivity index (χ2n) is 5.86. The molecule has 0 aliphatic rings. The zero-order valence-electron chi connectivity index (χ0n) is 14.3. The van der Waals surface area contributed by atoms with Crippen molar-refractivity contribution in [3.63, 3.8) is 0 Å². The molecule has 3 aromatic heterocycles. The molecule has 5 nitrogen and oxygen atoms in total. The van der Waals surface area contributed by atoms with E-state index in [0.717, 1.165) is 17.7 Å². The van der Waals surface area contributed by atoms with Crippen LogP contribution in [0.2, 0.25) is 0 Å². The average Bonchev–Trinajstić information content (AvgIpc) is 2.74. The first-order chi connectivity index (χ1) is 13.5. The van der Waals surface area contributed by atoms with Crippen LogP contribution in [0.1, 0.15) is 5.56 Å². The molecule has 4 aromatic rings. The second-order valence-corrected chi connectivity index (χ2v) is 5.86. The summed E-state index contributed by atoms with van der Waals surface area (Å²) in [6, 6.07) is 10.1. The van der Waals surface area contributed by atoms with Gasteiger partial charge in [-0.1, -0.05) is 12.1 Å². The van der Waals surface area contributed by atoms with Crippen molar-refractivity contribution in [3.05, 3.63) is 79.1 Å². The molecule has 1 aromatic carbocycles. The monoisotopic (exact) mass is 379 g/mol. The van der Waals surface area contributed by atoms with Crippen molar-refractivity contribution in [2.45, 2.75) is 6.18 Å².